The zero-order chi connectivity index (χ0) is 18.3. The van der Waals surface area contributed by atoms with Crippen LogP contribution in [0, 0.1) is 0 Å². The van der Waals surface area contributed by atoms with Gasteiger partial charge in [-0.3, -0.25) is 9.59 Å². The molecule has 9 heteroatoms. The maximum Gasteiger partial charge on any atom is 0.421 e. The van der Waals surface area contributed by atoms with E-state index in [4.69, 9.17) is 9.47 Å². The highest BCUT2D eigenvalue weighted by Crippen LogP contribution is 2.25. The van der Waals surface area contributed by atoms with E-state index in [0.29, 0.717) is 32.2 Å². The van der Waals surface area contributed by atoms with Crippen LogP contribution in [-0.2, 0) is 27.0 Å². The molecule has 1 saturated heterocycles. The first kappa shape index (κ1) is 19.5. The van der Waals surface area contributed by atoms with Crippen molar-refractivity contribution in [1.82, 2.24) is 9.88 Å². The van der Waals surface area contributed by atoms with Gasteiger partial charge in [-0.05, 0) is 31.4 Å². The van der Waals surface area contributed by atoms with Crippen LogP contribution in [0.3, 0.4) is 0 Å². The molecule has 1 fully saturated rings. The highest BCUT2D eigenvalue weighted by Gasteiger charge is 2.34. The number of carbonyl (C=O) groups excluding carboxylic acids is 1. The number of aromatic nitrogens is 1. The Balaban J connectivity index is 1.69. The van der Waals surface area contributed by atoms with Crippen LogP contribution in [-0.4, -0.2) is 42.9 Å². The fourth-order valence-electron chi connectivity index (χ4n) is 2.48. The minimum Gasteiger partial charge on any atom is -0.379 e. The first-order valence-electron chi connectivity index (χ1n) is 8.10. The predicted molar refractivity (Wildman–Crippen MR) is 83.1 cm³/mol. The molecule has 0 radical (unpaired) electrons. The van der Waals surface area contributed by atoms with Crippen LogP contribution in [0.15, 0.2) is 23.1 Å². The summed E-state index contributed by atoms with van der Waals surface area (Å²) in [7, 11) is 0. The lowest BCUT2D eigenvalue weighted by Gasteiger charge is -2.11. The van der Waals surface area contributed by atoms with Gasteiger partial charge in [0, 0.05) is 26.0 Å². The Morgan fingerprint density at radius 1 is 1.44 bits per heavy atom. The van der Waals surface area contributed by atoms with Crippen molar-refractivity contribution >= 4 is 5.91 Å². The molecule has 2 heterocycles. The van der Waals surface area contributed by atoms with Gasteiger partial charge >= 0.3 is 6.18 Å². The maximum absolute atomic E-state index is 12.7. The fraction of sp³-hybridized carbons (Fsp3) is 0.625. The van der Waals surface area contributed by atoms with Gasteiger partial charge in [0.25, 0.3) is 5.56 Å². The first-order valence-corrected chi connectivity index (χ1v) is 8.10. The third-order valence-electron chi connectivity index (χ3n) is 3.75. The Bertz CT molecular complexity index is 625. The topological polar surface area (TPSA) is 69.6 Å². The molecule has 1 aliphatic rings. The van der Waals surface area contributed by atoms with Crippen molar-refractivity contribution in [3.63, 3.8) is 0 Å². The molecule has 1 aromatic heterocycles. The van der Waals surface area contributed by atoms with Gasteiger partial charge in [-0.15, -0.1) is 0 Å². The van der Waals surface area contributed by atoms with Crippen LogP contribution in [0.2, 0.25) is 0 Å². The molecule has 0 aliphatic carbocycles. The van der Waals surface area contributed by atoms with E-state index in [2.05, 4.69) is 5.32 Å². The van der Waals surface area contributed by atoms with Gasteiger partial charge in [-0.25, -0.2) is 0 Å². The van der Waals surface area contributed by atoms with E-state index in [9.17, 15) is 22.8 Å². The zero-order valence-electron chi connectivity index (χ0n) is 13.7. The Labute approximate surface area is 142 Å². The van der Waals surface area contributed by atoms with Crippen LogP contribution in [0.1, 0.15) is 24.8 Å². The van der Waals surface area contributed by atoms with Gasteiger partial charge in [-0.1, -0.05) is 0 Å². The van der Waals surface area contributed by atoms with Crippen LogP contribution < -0.4 is 10.9 Å². The molecule has 1 amide bonds. The Hall–Kier alpha value is -1.87. The molecule has 25 heavy (non-hydrogen) atoms. The number of carbonyl (C=O) groups is 1. The fourth-order valence-corrected chi connectivity index (χ4v) is 2.48. The average molecular weight is 362 g/mol. The van der Waals surface area contributed by atoms with E-state index in [1.807, 2.05) is 0 Å². The minimum atomic E-state index is -4.74. The normalized spacial score (nSPS) is 17.6. The number of nitrogens with one attached hydrogen (secondary N) is 1. The van der Waals surface area contributed by atoms with Crippen molar-refractivity contribution in [3.05, 3.63) is 34.2 Å². The smallest absolute Gasteiger partial charge is 0.379 e. The summed E-state index contributed by atoms with van der Waals surface area (Å²) in [6.45, 7) is 1.59. The van der Waals surface area contributed by atoms with Crippen molar-refractivity contribution in [2.75, 3.05) is 26.4 Å². The Morgan fingerprint density at radius 3 is 2.92 bits per heavy atom. The third kappa shape index (κ3) is 6.17. The summed E-state index contributed by atoms with van der Waals surface area (Å²) in [5.41, 5.74) is -2.52. The molecule has 0 bridgehead atoms. The molecule has 1 aliphatic heterocycles. The molecule has 1 aromatic rings. The minimum absolute atomic E-state index is 0.141. The van der Waals surface area contributed by atoms with E-state index < -0.39 is 29.8 Å². The number of pyridine rings is 1. The molecule has 2 rings (SSSR count). The van der Waals surface area contributed by atoms with Crippen molar-refractivity contribution < 1.29 is 27.4 Å². The number of rotatable bonds is 8. The Kier molecular flexibility index (Phi) is 7.01. The number of ether oxygens (including phenoxy) is 2. The van der Waals surface area contributed by atoms with E-state index in [1.54, 1.807) is 0 Å². The van der Waals surface area contributed by atoms with Gasteiger partial charge < -0.3 is 19.4 Å². The van der Waals surface area contributed by atoms with Crippen LogP contribution in [0.4, 0.5) is 13.2 Å². The second-order valence-corrected chi connectivity index (χ2v) is 5.77. The summed E-state index contributed by atoms with van der Waals surface area (Å²) in [4.78, 5) is 23.5. The molecule has 0 spiro atoms. The monoisotopic (exact) mass is 362 g/mol. The van der Waals surface area contributed by atoms with E-state index in [0.717, 1.165) is 36.3 Å². The van der Waals surface area contributed by atoms with Gasteiger partial charge in [0.05, 0.1) is 12.7 Å². The quantitative estimate of drug-likeness (QED) is 0.713. The van der Waals surface area contributed by atoms with Crippen molar-refractivity contribution in [3.8, 4) is 0 Å². The number of hydrogen-bond acceptors (Lipinski definition) is 4. The van der Waals surface area contributed by atoms with Crippen molar-refractivity contribution in [2.45, 2.75) is 38.1 Å². The molecular formula is C16H21F3N2O4. The lowest BCUT2D eigenvalue weighted by Crippen LogP contribution is -2.35. The van der Waals surface area contributed by atoms with Crippen LogP contribution >= 0.6 is 0 Å². The largest absolute Gasteiger partial charge is 0.421 e. The number of halogens is 3. The molecule has 0 saturated carbocycles. The Morgan fingerprint density at radius 2 is 2.24 bits per heavy atom. The maximum atomic E-state index is 12.7. The number of amides is 1. The summed E-state index contributed by atoms with van der Waals surface area (Å²) >= 11 is 0. The lowest BCUT2D eigenvalue weighted by molar-refractivity contribution is -0.139. The summed E-state index contributed by atoms with van der Waals surface area (Å²) in [6.07, 6.45) is -0.849. The van der Waals surface area contributed by atoms with Crippen molar-refractivity contribution in [1.29, 1.82) is 0 Å². The highest BCUT2D eigenvalue weighted by molar-refractivity contribution is 5.75. The second-order valence-electron chi connectivity index (χ2n) is 5.77. The number of nitrogens with zero attached hydrogens (tertiary/aromatic N) is 1. The van der Waals surface area contributed by atoms with Crippen LogP contribution in [0.25, 0.3) is 0 Å². The van der Waals surface area contributed by atoms with E-state index in [1.165, 1.54) is 0 Å². The molecule has 140 valence electrons. The SMILES string of the molecule is O=C(Cn1cccc(C(F)(F)F)c1=O)NCCCOCC1CCCO1. The number of hydrogen-bond donors (Lipinski definition) is 1. The summed E-state index contributed by atoms with van der Waals surface area (Å²) < 4.78 is 49.6. The summed E-state index contributed by atoms with van der Waals surface area (Å²) in [5.74, 6) is -0.527. The molecule has 0 aromatic carbocycles. The van der Waals surface area contributed by atoms with E-state index >= 15 is 0 Å². The van der Waals surface area contributed by atoms with Crippen LogP contribution in [0.5, 0.6) is 0 Å². The summed E-state index contributed by atoms with van der Waals surface area (Å²) in [5, 5.41) is 2.55. The zero-order valence-corrected chi connectivity index (χ0v) is 13.7. The third-order valence-corrected chi connectivity index (χ3v) is 3.75. The lowest BCUT2D eigenvalue weighted by atomic mass is 10.2. The van der Waals surface area contributed by atoms with Gasteiger partial charge in [0.1, 0.15) is 12.1 Å². The highest BCUT2D eigenvalue weighted by atomic mass is 19.4. The molecule has 1 atom stereocenters. The average Bonchev–Trinajstić information content (AvgIpc) is 3.05. The van der Waals surface area contributed by atoms with Crippen molar-refractivity contribution in [2.24, 2.45) is 0 Å². The molecule has 1 N–H and O–H groups in total. The molecule has 6 nitrogen and oxygen atoms in total. The van der Waals surface area contributed by atoms with Gasteiger partial charge in [0.15, 0.2) is 0 Å². The predicted octanol–water partition coefficient (Wildman–Crippen LogP) is 1.57. The number of alkyl halides is 3. The summed E-state index contributed by atoms with van der Waals surface area (Å²) in [6, 6.07) is 1.79. The van der Waals surface area contributed by atoms with Gasteiger partial charge in [0.2, 0.25) is 5.91 Å². The molecule has 1 unspecified atom stereocenters. The first-order chi connectivity index (χ1) is 11.9. The standard InChI is InChI=1S/C16H21F3N2O4/c17-16(18,19)13-5-1-7-21(15(13)23)10-14(22)20-6-3-8-24-11-12-4-2-9-25-12/h1,5,7,12H,2-4,6,8-11H2,(H,20,22). The van der Waals surface area contributed by atoms with E-state index in [-0.39, 0.29) is 6.10 Å². The second kappa shape index (κ2) is 9.00. The van der Waals surface area contributed by atoms with Gasteiger partial charge in [-0.2, -0.15) is 13.2 Å². The molecular weight excluding hydrogens is 341 g/mol.